The maximum atomic E-state index is 13.1. The second-order valence-corrected chi connectivity index (χ2v) is 15.2. The van der Waals surface area contributed by atoms with Crippen molar-refractivity contribution in [2.75, 3.05) is 44.2 Å². The Hall–Kier alpha value is -3.16. The van der Waals surface area contributed by atoms with E-state index in [0.717, 1.165) is 75.1 Å². The zero-order valence-electron chi connectivity index (χ0n) is 29.7. The van der Waals surface area contributed by atoms with Crippen LogP contribution < -0.4 is 14.4 Å². The van der Waals surface area contributed by atoms with Gasteiger partial charge in [0.25, 0.3) is 0 Å². The first-order valence-electron chi connectivity index (χ1n) is 18.6. The van der Waals surface area contributed by atoms with Crippen LogP contribution in [-0.4, -0.2) is 55.2 Å². The number of hydrogen-bond donors (Lipinski definition) is 0. The van der Waals surface area contributed by atoms with Crippen LogP contribution in [0.5, 0.6) is 11.6 Å². The first-order chi connectivity index (χ1) is 23.4. The minimum absolute atomic E-state index is 0.209. The van der Waals surface area contributed by atoms with Gasteiger partial charge in [-0.1, -0.05) is 77.2 Å². The number of benzene rings is 2. The lowest BCUT2D eigenvalue weighted by molar-refractivity contribution is -0.144. The van der Waals surface area contributed by atoms with Gasteiger partial charge in [0.1, 0.15) is 5.75 Å². The predicted octanol–water partition coefficient (Wildman–Crippen LogP) is 10.7. The van der Waals surface area contributed by atoms with E-state index in [9.17, 15) is 4.79 Å². The van der Waals surface area contributed by atoms with Crippen molar-refractivity contribution in [1.82, 2.24) is 9.88 Å². The first-order valence-corrected chi connectivity index (χ1v) is 19.5. The number of hydrogen-bond acceptors (Lipinski definition) is 7. The van der Waals surface area contributed by atoms with E-state index in [1.165, 1.54) is 73.6 Å². The van der Waals surface area contributed by atoms with Crippen LogP contribution in [0, 0.1) is 5.41 Å². The fraction of sp³-hybridized carbons (Fsp3) is 0.561. The van der Waals surface area contributed by atoms with Crippen molar-refractivity contribution in [2.45, 2.75) is 104 Å². The number of aromatic nitrogens is 1. The number of unbranched alkanes of at least 4 members (excludes halogenated alkanes) is 10. The van der Waals surface area contributed by atoms with E-state index in [2.05, 4.69) is 51.4 Å². The average molecular weight is 672 g/mol. The number of fused-ring (bicyclic) bond motifs is 2. The summed E-state index contributed by atoms with van der Waals surface area (Å²) in [6, 6.07) is 18.6. The molecule has 0 aliphatic carbocycles. The molecule has 7 heteroatoms. The molecule has 0 radical (unpaired) electrons. The normalized spacial score (nSPS) is 14.2. The van der Waals surface area contributed by atoms with Crippen molar-refractivity contribution < 1.29 is 14.3 Å². The van der Waals surface area contributed by atoms with Gasteiger partial charge < -0.3 is 14.4 Å². The number of rotatable bonds is 20. The lowest BCUT2D eigenvalue weighted by Crippen LogP contribution is -2.46. The molecular weight excluding hydrogens is 615 g/mol. The second-order valence-electron chi connectivity index (χ2n) is 14.2. The summed E-state index contributed by atoms with van der Waals surface area (Å²) in [6.45, 7) is 12.4. The van der Waals surface area contributed by atoms with E-state index >= 15 is 0 Å². The van der Waals surface area contributed by atoms with Gasteiger partial charge in [0.05, 0.1) is 17.5 Å². The molecule has 0 amide bonds. The van der Waals surface area contributed by atoms with Gasteiger partial charge in [-0.2, -0.15) is 0 Å². The van der Waals surface area contributed by atoms with E-state index in [-0.39, 0.29) is 5.97 Å². The Labute approximate surface area is 292 Å². The molecule has 2 aromatic heterocycles. The molecule has 260 valence electrons. The van der Waals surface area contributed by atoms with Crippen LogP contribution in [0.1, 0.15) is 104 Å². The van der Waals surface area contributed by atoms with E-state index in [1.807, 2.05) is 49.4 Å². The monoisotopic (exact) mass is 671 g/mol. The lowest BCUT2D eigenvalue weighted by Gasteiger charge is -2.36. The Bertz CT molecular complexity index is 1560. The molecule has 48 heavy (non-hydrogen) atoms. The highest BCUT2D eigenvalue weighted by Gasteiger charge is 2.29. The van der Waals surface area contributed by atoms with E-state index in [0.29, 0.717) is 12.5 Å². The molecule has 3 heterocycles. The van der Waals surface area contributed by atoms with Crippen LogP contribution in [0.2, 0.25) is 0 Å². The van der Waals surface area contributed by atoms with Crippen LogP contribution in [0.25, 0.3) is 21.0 Å². The summed E-state index contributed by atoms with van der Waals surface area (Å²) < 4.78 is 13.3. The molecule has 0 bridgehead atoms. The van der Waals surface area contributed by atoms with Gasteiger partial charge in [-0.25, -0.2) is 4.98 Å². The van der Waals surface area contributed by atoms with E-state index in [4.69, 9.17) is 9.47 Å². The van der Waals surface area contributed by atoms with Crippen molar-refractivity contribution >= 4 is 44.0 Å². The first kappa shape index (κ1) is 36.1. The number of ether oxygens (including phenoxy) is 2. The standard InChI is InChI=1S/C41H57N3O3S/c1-4-5-6-7-8-9-10-11-12-13-24-41(2,3)40(45)47-39-22-20-33-19-21-34(32-36(33)42-39)46-30-15-14-25-43-26-28-44(29-27-43)37-17-16-18-38-35(37)23-31-48-38/h16-23,31-32H,4-15,24-30H2,1-3H3. The van der Waals surface area contributed by atoms with Crippen LogP contribution >= 0.6 is 11.3 Å². The van der Waals surface area contributed by atoms with Gasteiger partial charge in [-0.15, -0.1) is 11.3 Å². The number of nitrogens with zero attached hydrogens (tertiary/aromatic N) is 3. The minimum Gasteiger partial charge on any atom is -0.494 e. The Balaban J connectivity index is 0.982. The fourth-order valence-electron chi connectivity index (χ4n) is 6.71. The zero-order chi connectivity index (χ0) is 33.6. The topological polar surface area (TPSA) is 54.9 Å². The SMILES string of the molecule is CCCCCCCCCCCCC(C)(C)C(=O)Oc1ccc2ccc(OCCCCN3CCN(c4cccc5sccc45)CC3)cc2n1. The highest BCUT2D eigenvalue weighted by molar-refractivity contribution is 7.17. The molecular formula is C41H57N3O3S. The maximum absolute atomic E-state index is 13.1. The van der Waals surface area contributed by atoms with Gasteiger partial charge in [0.2, 0.25) is 5.88 Å². The molecule has 0 atom stereocenters. The third-order valence-corrected chi connectivity index (χ3v) is 10.7. The number of anilines is 1. The minimum atomic E-state index is -0.534. The summed E-state index contributed by atoms with van der Waals surface area (Å²) in [5, 5.41) is 4.57. The van der Waals surface area contributed by atoms with Gasteiger partial charge in [0.15, 0.2) is 0 Å². The van der Waals surface area contributed by atoms with Gasteiger partial charge in [0, 0.05) is 59.5 Å². The molecule has 2 aromatic carbocycles. The summed E-state index contributed by atoms with van der Waals surface area (Å²) in [7, 11) is 0. The molecule has 1 fully saturated rings. The van der Waals surface area contributed by atoms with Crippen LogP contribution in [-0.2, 0) is 4.79 Å². The summed E-state index contributed by atoms with van der Waals surface area (Å²) in [4.78, 5) is 22.8. The number of carbonyl (C=O) groups is 1. The molecule has 5 rings (SSSR count). The number of carbonyl (C=O) groups excluding carboxylic acids is 1. The third kappa shape index (κ3) is 10.7. The highest BCUT2D eigenvalue weighted by Crippen LogP contribution is 2.31. The lowest BCUT2D eigenvalue weighted by atomic mass is 9.87. The van der Waals surface area contributed by atoms with E-state index in [1.54, 1.807) is 6.07 Å². The van der Waals surface area contributed by atoms with Crippen molar-refractivity contribution in [3.63, 3.8) is 0 Å². The third-order valence-electron chi connectivity index (χ3n) is 9.87. The molecule has 1 saturated heterocycles. The largest absolute Gasteiger partial charge is 0.494 e. The smallest absolute Gasteiger partial charge is 0.318 e. The molecule has 6 nitrogen and oxygen atoms in total. The number of thiophene rings is 1. The summed E-state index contributed by atoms with van der Waals surface area (Å²) in [5.41, 5.74) is 1.62. The Morgan fingerprint density at radius 1 is 0.833 bits per heavy atom. The highest BCUT2D eigenvalue weighted by atomic mass is 32.1. The fourth-order valence-corrected chi connectivity index (χ4v) is 7.52. The number of piperazine rings is 1. The summed E-state index contributed by atoms with van der Waals surface area (Å²) in [6.07, 6.45) is 15.8. The van der Waals surface area contributed by atoms with Gasteiger partial charge in [-0.3, -0.25) is 9.69 Å². The Morgan fingerprint density at radius 3 is 2.33 bits per heavy atom. The van der Waals surface area contributed by atoms with Gasteiger partial charge >= 0.3 is 5.97 Å². The van der Waals surface area contributed by atoms with Gasteiger partial charge in [-0.05, 0) is 81.4 Å². The van der Waals surface area contributed by atoms with Crippen molar-refractivity contribution in [3.8, 4) is 11.6 Å². The van der Waals surface area contributed by atoms with Crippen LogP contribution in [0.4, 0.5) is 5.69 Å². The number of esters is 1. The summed E-state index contributed by atoms with van der Waals surface area (Å²) >= 11 is 1.82. The molecule has 4 aromatic rings. The van der Waals surface area contributed by atoms with Crippen molar-refractivity contribution in [1.29, 1.82) is 0 Å². The molecule has 1 aliphatic heterocycles. The Kier molecular flexibility index (Phi) is 14.0. The summed E-state index contributed by atoms with van der Waals surface area (Å²) in [5.74, 6) is 0.947. The number of pyridine rings is 1. The van der Waals surface area contributed by atoms with Crippen molar-refractivity contribution in [2.24, 2.45) is 5.41 Å². The van der Waals surface area contributed by atoms with Crippen molar-refractivity contribution in [3.05, 3.63) is 60.0 Å². The van der Waals surface area contributed by atoms with E-state index < -0.39 is 5.41 Å². The molecule has 0 spiro atoms. The maximum Gasteiger partial charge on any atom is 0.318 e. The molecule has 1 aliphatic rings. The van der Waals surface area contributed by atoms with Crippen LogP contribution in [0.3, 0.4) is 0 Å². The molecule has 0 saturated carbocycles. The quantitative estimate of drug-likeness (QED) is 0.0688. The average Bonchev–Trinajstić information content (AvgIpc) is 3.58. The Morgan fingerprint density at radius 2 is 1.56 bits per heavy atom. The van der Waals surface area contributed by atoms with Crippen LogP contribution in [0.15, 0.2) is 60.0 Å². The predicted molar refractivity (Wildman–Crippen MR) is 203 cm³/mol. The molecule has 0 N–H and O–H groups in total. The second kappa shape index (κ2) is 18.6. The zero-order valence-corrected chi connectivity index (χ0v) is 30.5. The molecule has 0 unspecified atom stereocenters.